The highest BCUT2D eigenvalue weighted by atomic mass is 32.1. The number of hydrogen-bond acceptors (Lipinski definition) is 7. The summed E-state index contributed by atoms with van der Waals surface area (Å²) in [4.78, 5) is 30.7. The molecule has 0 spiro atoms. The number of thiophene rings is 1. The van der Waals surface area contributed by atoms with E-state index in [0.717, 1.165) is 10.4 Å². The molecule has 1 aliphatic rings. The molecule has 0 fully saturated rings. The number of carbonyl (C=O) groups excluding carboxylic acids is 2. The standard InChI is InChI=1S/C14H16N2O4S2/c1-14(2,3)20-13(18)16-5-8-9(6-16)22-11(12(17)19-4)10(8)15-7-21/h5-6H2,1-4H3. The highest BCUT2D eigenvalue weighted by Crippen LogP contribution is 2.41. The number of ether oxygens (including phenoxy) is 2. The molecule has 118 valence electrons. The molecule has 0 bridgehead atoms. The Labute approximate surface area is 137 Å². The summed E-state index contributed by atoms with van der Waals surface area (Å²) in [7, 11) is 1.31. The molecule has 1 aromatic rings. The molecule has 0 atom stereocenters. The minimum Gasteiger partial charge on any atom is -0.465 e. The monoisotopic (exact) mass is 340 g/mol. The van der Waals surface area contributed by atoms with Crippen LogP contribution in [0.4, 0.5) is 10.5 Å². The first-order chi connectivity index (χ1) is 10.3. The third kappa shape index (κ3) is 3.35. The number of nitrogens with zero attached hydrogens (tertiary/aromatic N) is 2. The second-order valence-electron chi connectivity index (χ2n) is 5.71. The Kier molecular flexibility index (Phi) is 4.65. The zero-order chi connectivity index (χ0) is 16.5. The molecule has 1 amide bonds. The molecule has 2 rings (SSSR count). The average Bonchev–Trinajstić information content (AvgIpc) is 2.96. The third-order valence-electron chi connectivity index (χ3n) is 2.93. The van der Waals surface area contributed by atoms with Gasteiger partial charge in [-0.3, -0.25) is 4.90 Å². The van der Waals surface area contributed by atoms with Gasteiger partial charge in [0.05, 0.1) is 25.4 Å². The summed E-state index contributed by atoms with van der Waals surface area (Å²) in [6, 6.07) is 0. The number of fused-ring (bicyclic) bond motifs is 1. The van der Waals surface area contributed by atoms with E-state index >= 15 is 0 Å². The van der Waals surface area contributed by atoms with Crippen LogP contribution in [0.15, 0.2) is 4.99 Å². The van der Waals surface area contributed by atoms with Gasteiger partial charge >= 0.3 is 12.1 Å². The first-order valence-corrected chi connectivity index (χ1v) is 7.78. The largest absolute Gasteiger partial charge is 0.465 e. The van der Waals surface area contributed by atoms with Gasteiger partial charge in [-0.2, -0.15) is 4.99 Å². The molecule has 6 nitrogen and oxygen atoms in total. The number of carbonyl (C=O) groups is 2. The van der Waals surface area contributed by atoms with Gasteiger partial charge in [-0.1, -0.05) is 0 Å². The number of aliphatic imine (C=N–C) groups is 1. The van der Waals surface area contributed by atoms with E-state index < -0.39 is 17.7 Å². The molecule has 0 unspecified atom stereocenters. The molecular formula is C14H16N2O4S2. The van der Waals surface area contributed by atoms with Crippen molar-refractivity contribution in [3.05, 3.63) is 15.3 Å². The maximum Gasteiger partial charge on any atom is 0.410 e. The molecule has 0 radical (unpaired) electrons. The van der Waals surface area contributed by atoms with Crippen LogP contribution in [-0.4, -0.2) is 34.8 Å². The lowest BCUT2D eigenvalue weighted by atomic mass is 10.2. The maximum atomic E-state index is 12.1. The highest BCUT2D eigenvalue weighted by molar-refractivity contribution is 7.78. The molecule has 0 aromatic carbocycles. The van der Waals surface area contributed by atoms with Gasteiger partial charge in [0, 0.05) is 10.4 Å². The van der Waals surface area contributed by atoms with E-state index in [1.165, 1.54) is 18.4 Å². The van der Waals surface area contributed by atoms with Crippen molar-refractivity contribution in [2.75, 3.05) is 7.11 Å². The molecule has 1 aromatic heterocycles. The summed E-state index contributed by atoms with van der Waals surface area (Å²) >= 11 is 5.89. The van der Waals surface area contributed by atoms with E-state index in [2.05, 4.69) is 22.4 Å². The molecule has 0 N–H and O–H groups in total. The number of isothiocyanates is 1. The van der Waals surface area contributed by atoms with E-state index in [0.29, 0.717) is 23.7 Å². The Balaban J connectivity index is 2.27. The van der Waals surface area contributed by atoms with Crippen LogP contribution >= 0.6 is 23.6 Å². The second kappa shape index (κ2) is 6.16. The van der Waals surface area contributed by atoms with Crippen LogP contribution in [0, 0.1) is 0 Å². The number of esters is 1. The molecule has 0 aliphatic carbocycles. The van der Waals surface area contributed by atoms with Crippen molar-refractivity contribution in [1.29, 1.82) is 0 Å². The van der Waals surface area contributed by atoms with Crippen LogP contribution in [-0.2, 0) is 22.6 Å². The number of hydrogen-bond donors (Lipinski definition) is 0. The lowest BCUT2D eigenvalue weighted by molar-refractivity contribution is 0.0243. The summed E-state index contributed by atoms with van der Waals surface area (Å²) in [5.74, 6) is -0.466. The normalized spacial score (nSPS) is 13.4. The lowest BCUT2D eigenvalue weighted by Crippen LogP contribution is -2.33. The topological polar surface area (TPSA) is 68.2 Å². The minimum absolute atomic E-state index is 0.327. The van der Waals surface area contributed by atoms with Crippen LogP contribution in [0.5, 0.6) is 0 Å². The molecule has 0 saturated carbocycles. The zero-order valence-corrected chi connectivity index (χ0v) is 14.4. The molecule has 0 saturated heterocycles. The lowest BCUT2D eigenvalue weighted by Gasteiger charge is -2.24. The molecule has 2 heterocycles. The van der Waals surface area contributed by atoms with Crippen LogP contribution in [0.1, 0.15) is 40.9 Å². The number of thiocarbonyl (C=S) groups is 1. The van der Waals surface area contributed by atoms with Gasteiger partial charge in [0.2, 0.25) is 0 Å². The molecular weight excluding hydrogens is 324 g/mol. The number of amides is 1. The van der Waals surface area contributed by atoms with Gasteiger partial charge in [0.15, 0.2) is 0 Å². The quantitative estimate of drug-likeness (QED) is 0.468. The Hall–Kier alpha value is -1.76. The Morgan fingerprint density at radius 1 is 1.36 bits per heavy atom. The third-order valence-corrected chi connectivity index (χ3v) is 4.20. The van der Waals surface area contributed by atoms with Crippen molar-refractivity contribution in [3.8, 4) is 0 Å². The summed E-state index contributed by atoms with van der Waals surface area (Å²) in [6.07, 6.45) is -0.396. The van der Waals surface area contributed by atoms with E-state index in [9.17, 15) is 9.59 Å². The first kappa shape index (κ1) is 16.6. The summed E-state index contributed by atoms with van der Waals surface area (Å²) < 4.78 is 10.1. The van der Waals surface area contributed by atoms with Crippen LogP contribution < -0.4 is 0 Å². The van der Waals surface area contributed by atoms with Gasteiger partial charge in [-0.15, -0.1) is 11.3 Å². The first-order valence-electron chi connectivity index (χ1n) is 6.55. The fraction of sp³-hybridized carbons (Fsp3) is 0.500. The second-order valence-corrected chi connectivity index (χ2v) is 7.00. The summed E-state index contributed by atoms with van der Waals surface area (Å²) in [5, 5.41) is 2.27. The van der Waals surface area contributed by atoms with Crippen molar-refractivity contribution < 1.29 is 19.1 Å². The van der Waals surface area contributed by atoms with E-state index in [-0.39, 0.29) is 0 Å². The molecule has 8 heteroatoms. The van der Waals surface area contributed by atoms with Crippen LogP contribution in [0.2, 0.25) is 0 Å². The van der Waals surface area contributed by atoms with Gasteiger partial charge in [-0.05, 0) is 33.0 Å². The summed E-state index contributed by atoms with van der Waals surface area (Å²) in [5.41, 5.74) is 0.682. The zero-order valence-electron chi connectivity index (χ0n) is 12.8. The van der Waals surface area contributed by atoms with E-state index in [4.69, 9.17) is 9.47 Å². The summed E-state index contributed by atoms with van der Waals surface area (Å²) in [6.45, 7) is 6.15. The molecule has 1 aliphatic heterocycles. The van der Waals surface area contributed by atoms with Gasteiger partial charge in [0.25, 0.3) is 0 Å². The SMILES string of the molecule is COC(=O)c1sc2c(c1N=C=S)CN(C(=O)OC(C)(C)C)C2. The van der Waals surface area contributed by atoms with Crippen molar-refractivity contribution in [3.63, 3.8) is 0 Å². The fourth-order valence-electron chi connectivity index (χ4n) is 2.06. The van der Waals surface area contributed by atoms with Crippen LogP contribution in [0.25, 0.3) is 0 Å². The Morgan fingerprint density at radius 3 is 2.59 bits per heavy atom. The minimum atomic E-state index is -0.556. The van der Waals surface area contributed by atoms with Crippen molar-refractivity contribution >= 4 is 46.5 Å². The van der Waals surface area contributed by atoms with Crippen molar-refractivity contribution in [1.82, 2.24) is 4.90 Å². The van der Waals surface area contributed by atoms with Crippen molar-refractivity contribution in [2.24, 2.45) is 4.99 Å². The Bertz CT molecular complexity index is 669. The molecule has 22 heavy (non-hydrogen) atoms. The predicted molar refractivity (Wildman–Crippen MR) is 85.8 cm³/mol. The van der Waals surface area contributed by atoms with Gasteiger partial charge < -0.3 is 9.47 Å². The average molecular weight is 340 g/mol. The number of rotatable bonds is 2. The number of methoxy groups -OCH3 is 1. The fourth-order valence-corrected chi connectivity index (χ4v) is 3.34. The van der Waals surface area contributed by atoms with E-state index in [1.54, 1.807) is 4.90 Å². The highest BCUT2D eigenvalue weighted by Gasteiger charge is 2.34. The van der Waals surface area contributed by atoms with Gasteiger partial charge in [0.1, 0.15) is 16.2 Å². The maximum absolute atomic E-state index is 12.1. The Morgan fingerprint density at radius 2 is 2.05 bits per heavy atom. The smallest absolute Gasteiger partial charge is 0.410 e. The predicted octanol–water partition coefficient (Wildman–Crippen LogP) is 3.52. The van der Waals surface area contributed by atoms with Gasteiger partial charge in [-0.25, -0.2) is 9.59 Å². The van der Waals surface area contributed by atoms with Crippen molar-refractivity contribution in [2.45, 2.75) is 39.5 Å². The van der Waals surface area contributed by atoms with Crippen LogP contribution in [0.3, 0.4) is 0 Å². The van der Waals surface area contributed by atoms with E-state index in [1.807, 2.05) is 20.8 Å².